The summed E-state index contributed by atoms with van der Waals surface area (Å²) in [6.45, 7) is 1.88. The molecule has 0 unspecified atom stereocenters. The highest BCUT2D eigenvalue weighted by Crippen LogP contribution is 2.25. The first-order valence-electron chi connectivity index (χ1n) is 6.56. The van der Waals surface area contributed by atoms with Crippen LogP contribution in [0.1, 0.15) is 5.56 Å². The number of anilines is 1. The van der Waals surface area contributed by atoms with Crippen LogP contribution in [-0.2, 0) is 10.0 Å². The first-order chi connectivity index (χ1) is 10.5. The van der Waals surface area contributed by atoms with Crippen molar-refractivity contribution in [2.45, 2.75) is 11.8 Å². The highest BCUT2D eigenvalue weighted by atomic mass is 32.2. The molecule has 0 spiro atoms. The fourth-order valence-corrected chi connectivity index (χ4v) is 3.18. The van der Waals surface area contributed by atoms with E-state index in [0.717, 1.165) is 5.56 Å². The number of hydrazine groups is 1. The second kappa shape index (κ2) is 5.36. The molecule has 0 aliphatic rings. The van der Waals surface area contributed by atoms with Crippen LogP contribution >= 0.6 is 0 Å². The molecule has 1 heterocycles. The highest BCUT2D eigenvalue weighted by molar-refractivity contribution is 7.92. The quantitative estimate of drug-likeness (QED) is 0.590. The topological polar surface area (TPSA) is 89.2 Å². The van der Waals surface area contributed by atoms with Crippen molar-refractivity contribution in [2.24, 2.45) is 5.84 Å². The minimum atomic E-state index is -3.88. The number of rotatable bonds is 3. The molecule has 7 heteroatoms. The van der Waals surface area contributed by atoms with Crippen molar-refractivity contribution in [1.82, 2.24) is 9.97 Å². The van der Waals surface area contributed by atoms with Crippen LogP contribution in [0, 0.1) is 6.92 Å². The molecule has 0 radical (unpaired) electrons. The van der Waals surface area contributed by atoms with E-state index in [1.54, 1.807) is 30.3 Å². The number of aromatic nitrogens is 2. The van der Waals surface area contributed by atoms with Gasteiger partial charge in [0.15, 0.2) is 5.82 Å². The lowest BCUT2D eigenvalue weighted by Crippen LogP contribution is -2.38. The highest BCUT2D eigenvalue weighted by Gasteiger charge is 2.24. The van der Waals surface area contributed by atoms with Crippen molar-refractivity contribution < 1.29 is 8.42 Å². The Morgan fingerprint density at radius 1 is 1.00 bits per heavy atom. The maximum Gasteiger partial charge on any atom is 0.278 e. The molecular weight excluding hydrogens is 300 g/mol. The molecule has 0 saturated heterocycles. The van der Waals surface area contributed by atoms with Gasteiger partial charge in [0.05, 0.1) is 10.4 Å². The lowest BCUT2D eigenvalue weighted by atomic mass is 10.2. The number of hydrogen-bond donors (Lipinski definition) is 1. The van der Waals surface area contributed by atoms with E-state index in [-0.39, 0.29) is 10.7 Å². The summed E-state index contributed by atoms with van der Waals surface area (Å²) in [4.78, 5) is 8.24. The van der Waals surface area contributed by atoms with Gasteiger partial charge in [-0.25, -0.2) is 15.8 Å². The van der Waals surface area contributed by atoms with Gasteiger partial charge in [-0.3, -0.25) is 0 Å². The number of sulfonamides is 1. The third-order valence-electron chi connectivity index (χ3n) is 3.31. The molecule has 22 heavy (non-hydrogen) atoms. The number of benzene rings is 2. The van der Waals surface area contributed by atoms with Crippen molar-refractivity contribution >= 4 is 26.7 Å². The lowest BCUT2D eigenvalue weighted by molar-refractivity contribution is 0.591. The Morgan fingerprint density at radius 3 is 2.41 bits per heavy atom. The molecule has 0 saturated carbocycles. The summed E-state index contributed by atoms with van der Waals surface area (Å²) in [5, 5.41) is 0.572. The molecular formula is C15H14N4O2S. The Morgan fingerprint density at radius 2 is 1.68 bits per heavy atom. The van der Waals surface area contributed by atoms with E-state index in [9.17, 15) is 8.42 Å². The number of nitrogens with two attached hydrogens (primary N) is 1. The van der Waals surface area contributed by atoms with Crippen molar-refractivity contribution in [2.75, 3.05) is 4.41 Å². The van der Waals surface area contributed by atoms with Gasteiger partial charge in [0, 0.05) is 5.39 Å². The van der Waals surface area contributed by atoms with Gasteiger partial charge in [-0.2, -0.15) is 12.8 Å². The largest absolute Gasteiger partial charge is 0.278 e. The van der Waals surface area contributed by atoms with Crippen molar-refractivity contribution in [1.29, 1.82) is 0 Å². The zero-order valence-corrected chi connectivity index (χ0v) is 12.7. The van der Waals surface area contributed by atoms with Crippen LogP contribution in [0.2, 0.25) is 0 Å². The molecule has 0 atom stereocenters. The Labute approximate surface area is 128 Å². The fraction of sp³-hybridized carbons (Fsp3) is 0.0667. The van der Waals surface area contributed by atoms with E-state index in [4.69, 9.17) is 5.84 Å². The summed E-state index contributed by atoms with van der Waals surface area (Å²) in [6, 6.07) is 13.6. The second-order valence-corrected chi connectivity index (χ2v) is 6.64. The lowest BCUT2D eigenvalue weighted by Gasteiger charge is -2.19. The third-order valence-corrected chi connectivity index (χ3v) is 4.87. The predicted octanol–water partition coefficient (Wildman–Crippen LogP) is 2.01. The van der Waals surface area contributed by atoms with Gasteiger partial charge in [0.2, 0.25) is 0 Å². The molecule has 0 amide bonds. The fourth-order valence-electron chi connectivity index (χ4n) is 2.10. The monoisotopic (exact) mass is 314 g/mol. The molecule has 0 bridgehead atoms. The van der Waals surface area contributed by atoms with Gasteiger partial charge in [-0.05, 0) is 31.2 Å². The van der Waals surface area contributed by atoms with E-state index in [0.29, 0.717) is 15.3 Å². The van der Waals surface area contributed by atoms with Crippen LogP contribution in [0.3, 0.4) is 0 Å². The summed E-state index contributed by atoms with van der Waals surface area (Å²) in [7, 11) is -3.88. The summed E-state index contributed by atoms with van der Waals surface area (Å²) in [5.41, 5.74) is 1.59. The SMILES string of the molecule is Cc1ccc(S(=O)(=O)N(N)c2ncnc3ccccc23)cc1. The maximum absolute atomic E-state index is 12.6. The zero-order chi connectivity index (χ0) is 15.7. The molecule has 2 aromatic carbocycles. The van der Waals surface area contributed by atoms with Crippen LogP contribution < -0.4 is 10.3 Å². The number of aryl methyl sites for hydroxylation is 1. The summed E-state index contributed by atoms with van der Waals surface area (Å²) >= 11 is 0. The van der Waals surface area contributed by atoms with Crippen LogP contribution in [-0.4, -0.2) is 18.4 Å². The van der Waals surface area contributed by atoms with E-state index in [2.05, 4.69) is 9.97 Å². The van der Waals surface area contributed by atoms with Crippen LogP contribution in [0.5, 0.6) is 0 Å². The molecule has 0 fully saturated rings. The Hall–Kier alpha value is -2.51. The van der Waals surface area contributed by atoms with E-state index >= 15 is 0 Å². The number of fused-ring (bicyclic) bond motifs is 1. The Kier molecular flexibility index (Phi) is 3.51. The molecule has 112 valence electrons. The molecule has 1 aromatic heterocycles. The van der Waals surface area contributed by atoms with Gasteiger partial charge in [-0.1, -0.05) is 29.8 Å². The van der Waals surface area contributed by atoms with Gasteiger partial charge in [0.25, 0.3) is 10.0 Å². The summed E-state index contributed by atoms with van der Waals surface area (Å²) in [5.74, 6) is 6.01. The molecule has 3 rings (SSSR count). The van der Waals surface area contributed by atoms with Crippen molar-refractivity contribution in [3.8, 4) is 0 Å². The number of hydrogen-bond acceptors (Lipinski definition) is 5. The average Bonchev–Trinajstić information content (AvgIpc) is 2.54. The molecule has 0 aliphatic heterocycles. The van der Waals surface area contributed by atoms with Crippen LogP contribution in [0.15, 0.2) is 59.8 Å². The van der Waals surface area contributed by atoms with Gasteiger partial charge < -0.3 is 0 Å². The maximum atomic E-state index is 12.6. The first-order valence-corrected chi connectivity index (χ1v) is 8.00. The van der Waals surface area contributed by atoms with Crippen molar-refractivity contribution in [3.63, 3.8) is 0 Å². The first kappa shape index (κ1) is 14.4. The normalized spacial score (nSPS) is 11.5. The smallest absolute Gasteiger partial charge is 0.236 e. The minimum Gasteiger partial charge on any atom is -0.236 e. The van der Waals surface area contributed by atoms with Gasteiger partial charge >= 0.3 is 0 Å². The second-order valence-electron chi connectivity index (χ2n) is 4.83. The Balaban J connectivity index is 2.12. The minimum absolute atomic E-state index is 0.114. The Bertz CT molecular complexity index is 918. The third kappa shape index (κ3) is 2.40. The molecule has 2 N–H and O–H groups in total. The molecule has 6 nitrogen and oxygen atoms in total. The van der Waals surface area contributed by atoms with Gasteiger partial charge in [-0.15, -0.1) is 0 Å². The standard InChI is InChI=1S/C15H14N4O2S/c1-11-6-8-12(9-7-11)22(20,21)19(16)15-13-4-2-3-5-14(13)17-10-18-15/h2-10H,16H2,1H3. The van der Waals surface area contributed by atoms with Crippen molar-refractivity contribution in [3.05, 3.63) is 60.4 Å². The predicted molar refractivity (Wildman–Crippen MR) is 84.6 cm³/mol. The van der Waals surface area contributed by atoms with E-state index < -0.39 is 10.0 Å². The van der Waals surface area contributed by atoms with Gasteiger partial charge in [0.1, 0.15) is 6.33 Å². The van der Waals surface area contributed by atoms with E-state index in [1.807, 2.05) is 13.0 Å². The number of para-hydroxylation sites is 1. The van der Waals surface area contributed by atoms with Crippen LogP contribution in [0.25, 0.3) is 10.9 Å². The molecule has 0 aliphatic carbocycles. The summed E-state index contributed by atoms with van der Waals surface area (Å²) in [6.07, 6.45) is 1.29. The zero-order valence-electron chi connectivity index (χ0n) is 11.8. The summed E-state index contributed by atoms with van der Waals surface area (Å²) < 4.78 is 26.0. The van der Waals surface area contributed by atoms with Crippen LogP contribution in [0.4, 0.5) is 5.82 Å². The number of nitrogens with zero attached hydrogens (tertiary/aromatic N) is 3. The molecule has 3 aromatic rings. The average molecular weight is 314 g/mol. The van der Waals surface area contributed by atoms with E-state index in [1.165, 1.54) is 18.5 Å².